The number of carbonyl (C=O) groups excluding carboxylic acids is 1. The maximum atomic E-state index is 11.6. The SMILES string of the molecule is CN(CC(C)(C)C(=O)NN)c1ccc(C#N)cc1. The van der Waals surface area contributed by atoms with Crippen LogP contribution in [-0.4, -0.2) is 19.5 Å². The molecule has 1 rings (SSSR count). The number of anilines is 1. The van der Waals surface area contributed by atoms with Gasteiger partial charge in [0.05, 0.1) is 17.0 Å². The fourth-order valence-electron chi connectivity index (χ4n) is 1.74. The molecule has 0 aliphatic carbocycles. The van der Waals surface area contributed by atoms with Crippen LogP contribution in [0.15, 0.2) is 24.3 Å². The average molecular weight is 246 g/mol. The van der Waals surface area contributed by atoms with Crippen molar-refractivity contribution in [3.63, 3.8) is 0 Å². The summed E-state index contributed by atoms with van der Waals surface area (Å²) >= 11 is 0. The van der Waals surface area contributed by atoms with Crippen LogP contribution in [0.3, 0.4) is 0 Å². The van der Waals surface area contributed by atoms with E-state index >= 15 is 0 Å². The Morgan fingerprint density at radius 1 is 1.44 bits per heavy atom. The summed E-state index contributed by atoms with van der Waals surface area (Å²) < 4.78 is 0. The van der Waals surface area contributed by atoms with Crippen LogP contribution in [0.4, 0.5) is 5.69 Å². The van der Waals surface area contributed by atoms with E-state index in [2.05, 4.69) is 11.5 Å². The van der Waals surface area contributed by atoms with Crippen LogP contribution in [0.5, 0.6) is 0 Å². The summed E-state index contributed by atoms with van der Waals surface area (Å²) in [5, 5.41) is 8.73. The van der Waals surface area contributed by atoms with Gasteiger partial charge in [-0.2, -0.15) is 5.26 Å². The minimum Gasteiger partial charge on any atom is -0.374 e. The Balaban J connectivity index is 2.79. The lowest BCUT2D eigenvalue weighted by molar-refractivity contribution is -0.128. The summed E-state index contributed by atoms with van der Waals surface area (Å²) in [4.78, 5) is 13.5. The molecule has 5 nitrogen and oxygen atoms in total. The molecular weight excluding hydrogens is 228 g/mol. The Bertz CT molecular complexity index is 459. The van der Waals surface area contributed by atoms with E-state index in [1.165, 1.54) is 0 Å². The third-order valence-electron chi connectivity index (χ3n) is 2.82. The standard InChI is InChI=1S/C13H18N4O/c1-13(2,12(18)16-15)9-17(3)11-6-4-10(8-14)5-7-11/h4-7H,9,15H2,1-3H3,(H,16,18). The zero-order valence-electron chi connectivity index (χ0n) is 10.9. The lowest BCUT2D eigenvalue weighted by atomic mass is 9.92. The Labute approximate surface area is 107 Å². The van der Waals surface area contributed by atoms with Crippen molar-refractivity contribution in [2.75, 3.05) is 18.5 Å². The monoisotopic (exact) mass is 246 g/mol. The highest BCUT2D eigenvalue weighted by Crippen LogP contribution is 2.21. The van der Waals surface area contributed by atoms with Gasteiger partial charge in [0.25, 0.3) is 0 Å². The Morgan fingerprint density at radius 2 is 2.00 bits per heavy atom. The molecule has 0 spiro atoms. The molecule has 0 aliphatic rings. The first kappa shape index (κ1) is 14.0. The number of hydrogen-bond donors (Lipinski definition) is 2. The van der Waals surface area contributed by atoms with Crippen molar-refractivity contribution in [2.45, 2.75) is 13.8 Å². The highest BCUT2D eigenvalue weighted by molar-refractivity contribution is 5.82. The normalized spacial score (nSPS) is 10.6. The first-order chi connectivity index (χ1) is 8.40. The maximum absolute atomic E-state index is 11.6. The van der Waals surface area contributed by atoms with Gasteiger partial charge in [0.2, 0.25) is 5.91 Å². The van der Waals surface area contributed by atoms with E-state index in [0.717, 1.165) is 5.69 Å². The molecule has 0 fully saturated rings. The molecule has 1 amide bonds. The van der Waals surface area contributed by atoms with Crippen molar-refractivity contribution < 1.29 is 4.79 Å². The van der Waals surface area contributed by atoms with Crippen LogP contribution in [0.2, 0.25) is 0 Å². The number of nitrogens with two attached hydrogens (primary N) is 1. The van der Waals surface area contributed by atoms with Gasteiger partial charge in [-0.05, 0) is 38.1 Å². The number of nitrogens with one attached hydrogen (secondary N) is 1. The van der Waals surface area contributed by atoms with Gasteiger partial charge >= 0.3 is 0 Å². The van der Waals surface area contributed by atoms with Crippen molar-refractivity contribution in [1.82, 2.24) is 5.43 Å². The fourth-order valence-corrected chi connectivity index (χ4v) is 1.74. The number of nitriles is 1. The summed E-state index contributed by atoms with van der Waals surface area (Å²) in [5.41, 5.74) is 3.15. The van der Waals surface area contributed by atoms with E-state index in [1.54, 1.807) is 12.1 Å². The molecule has 0 saturated heterocycles. The van der Waals surface area contributed by atoms with E-state index in [4.69, 9.17) is 11.1 Å². The maximum Gasteiger partial charge on any atom is 0.241 e. The molecule has 0 unspecified atom stereocenters. The van der Waals surface area contributed by atoms with Crippen LogP contribution in [0.1, 0.15) is 19.4 Å². The number of nitrogens with zero attached hydrogens (tertiary/aromatic N) is 2. The Morgan fingerprint density at radius 3 is 2.44 bits per heavy atom. The van der Waals surface area contributed by atoms with Gasteiger partial charge in [0.15, 0.2) is 0 Å². The molecule has 0 saturated carbocycles. The molecule has 0 atom stereocenters. The minimum absolute atomic E-state index is 0.206. The zero-order chi connectivity index (χ0) is 13.8. The van der Waals surface area contributed by atoms with Crippen LogP contribution in [0.25, 0.3) is 0 Å². The quantitative estimate of drug-likeness (QED) is 0.472. The van der Waals surface area contributed by atoms with E-state index in [0.29, 0.717) is 12.1 Å². The second kappa shape index (κ2) is 5.52. The van der Waals surface area contributed by atoms with Gasteiger partial charge in [-0.1, -0.05) is 0 Å². The number of rotatable bonds is 4. The third kappa shape index (κ3) is 3.22. The molecule has 5 heteroatoms. The molecule has 0 aromatic heterocycles. The van der Waals surface area contributed by atoms with E-state index < -0.39 is 5.41 Å². The Hall–Kier alpha value is -2.06. The molecule has 3 N–H and O–H groups in total. The lowest BCUT2D eigenvalue weighted by Gasteiger charge is -2.29. The molecule has 18 heavy (non-hydrogen) atoms. The lowest BCUT2D eigenvalue weighted by Crippen LogP contribution is -2.46. The van der Waals surface area contributed by atoms with Gasteiger partial charge in [-0.3, -0.25) is 10.2 Å². The van der Waals surface area contributed by atoms with Crippen LogP contribution >= 0.6 is 0 Å². The molecular formula is C13H18N4O. The summed E-state index contributed by atoms with van der Waals surface area (Å²) in [6.07, 6.45) is 0. The van der Waals surface area contributed by atoms with E-state index in [9.17, 15) is 4.79 Å². The highest BCUT2D eigenvalue weighted by atomic mass is 16.2. The second-order valence-corrected chi connectivity index (χ2v) is 4.87. The highest BCUT2D eigenvalue weighted by Gasteiger charge is 2.28. The zero-order valence-corrected chi connectivity index (χ0v) is 10.9. The van der Waals surface area contributed by atoms with E-state index in [-0.39, 0.29) is 5.91 Å². The van der Waals surface area contributed by atoms with Crippen molar-refractivity contribution in [2.24, 2.45) is 11.3 Å². The number of amides is 1. The van der Waals surface area contributed by atoms with Gasteiger partial charge in [-0.25, -0.2) is 5.84 Å². The fraction of sp³-hybridized carbons (Fsp3) is 0.385. The van der Waals surface area contributed by atoms with Crippen LogP contribution < -0.4 is 16.2 Å². The number of benzene rings is 1. The molecule has 1 aromatic carbocycles. The summed E-state index contributed by atoms with van der Waals surface area (Å²) in [7, 11) is 1.90. The molecule has 96 valence electrons. The van der Waals surface area contributed by atoms with E-state index in [1.807, 2.05) is 37.9 Å². The predicted molar refractivity (Wildman–Crippen MR) is 70.5 cm³/mol. The molecule has 0 aliphatic heterocycles. The first-order valence-corrected chi connectivity index (χ1v) is 5.63. The van der Waals surface area contributed by atoms with Crippen molar-refractivity contribution in [1.29, 1.82) is 5.26 Å². The number of hydrazine groups is 1. The number of carbonyl (C=O) groups is 1. The van der Waals surface area contributed by atoms with Gasteiger partial charge in [0.1, 0.15) is 0 Å². The predicted octanol–water partition coefficient (Wildman–Crippen LogP) is 1.01. The topological polar surface area (TPSA) is 82.2 Å². The first-order valence-electron chi connectivity index (χ1n) is 5.63. The summed E-state index contributed by atoms with van der Waals surface area (Å²) in [6.45, 7) is 4.19. The number of hydrogen-bond acceptors (Lipinski definition) is 4. The second-order valence-electron chi connectivity index (χ2n) is 4.87. The van der Waals surface area contributed by atoms with Gasteiger partial charge in [-0.15, -0.1) is 0 Å². The van der Waals surface area contributed by atoms with Crippen molar-refractivity contribution in [3.8, 4) is 6.07 Å². The largest absolute Gasteiger partial charge is 0.374 e. The molecule has 0 radical (unpaired) electrons. The van der Waals surface area contributed by atoms with Crippen molar-refractivity contribution in [3.05, 3.63) is 29.8 Å². The third-order valence-corrected chi connectivity index (χ3v) is 2.82. The summed E-state index contributed by atoms with van der Waals surface area (Å²) in [5.74, 6) is 4.95. The molecule has 1 aromatic rings. The van der Waals surface area contributed by atoms with Crippen LogP contribution in [-0.2, 0) is 4.79 Å². The average Bonchev–Trinajstić information content (AvgIpc) is 2.37. The molecule has 0 heterocycles. The van der Waals surface area contributed by atoms with Gasteiger partial charge in [0, 0.05) is 19.3 Å². The van der Waals surface area contributed by atoms with Crippen molar-refractivity contribution >= 4 is 11.6 Å². The summed E-state index contributed by atoms with van der Waals surface area (Å²) in [6, 6.07) is 9.29. The smallest absolute Gasteiger partial charge is 0.241 e. The Kier molecular flexibility index (Phi) is 4.29. The van der Waals surface area contributed by atoms with Gasteiger partial charge < -0.3 is 4.90 Å². The van der Waals surface area contributed by atoms with Crippen LogP contribution in [0, 0.1) is 16.7 Å². The molecule has 0 bridgehead atoms. The minimum atomic E-state index is -0.586.